The van der Waals surface area contributed by atoms with Crippen LogP contribution in [0.3, 0.4) is 0 Å². The lowest BCUT2D eigenvalue weighted by Crippen LogP contribution is -2.58. The van der Waals surface area contributed by atoms with Crippen LogP contribution in [0.4, 0.5) is 4.39 Å². The standard InChI is InChI=1S/C24H29FO5/c1-13-9-18-16-11-20(25)19-10-15(27)5-7-22(19,3)17(16)6-8-23(18,4)24(13,29)21(28)12-30-14(2)26/h5-7,10,13,16,18,20,29H,8-9,11-12H2,1-4H3/t13-,16-,18-,20+,22-,23+,24+/m1/s1. The molecule has 0 aliphatic heterocycles. The summed E-state index contributed by atoms with van der Waals surface area (Å²) in [6.45, 7) is 6.47. The average Bonchev–Trinajstić information content (AvgIpc) is 2.89. The summed E-state index contributed by atoms with van der Waals surface area (Å²) in [4.78, 5) is 36.1. The second-order valence-corrected chi connectivity index (χ2v) is 9.84. The van der Waals surface area contributed by atoms with Crippen LogP contribution in [0.25, 0.3) is 0 Å². The highest BCUT2D eigenvalue weighted by Crippen LogP contribution is 2.66. The number of esters is 1. The Morgan fingerprint density at radius 3 is 2.63 bits per heavy atom. The minimum Gasteiger partial charge on any atom is -0.458 e. The smallest absolute Gasteiger partial charge is 0.303 e. The maximum Gasteiger partial charge on any atom is 0.303 e. The van der Waals surface area contributed by atoms with E-state index in [0.29, 0.717) is 18.4 Å². The molecule has 4 aliphatic rings. The predicted molar refractivity (Wildman–Crippen MR) is 108 cm³/mol. The van der Waals surface area contributed by atoms with E-state index >= 15 is 4.39 Å². The number of halogens is 1. The van der Waals surface area contributed by atoms with Crippen LogP contribution < -0.4 is 0 Å². The van der Waals surface area contributed by atoms with Crippen LogP contribution >= 0.6 is 0 Å². The molecular weight excluding hydrogens is 387 g/mol. The van der Waals surface area contributed by atoms with Gasteiger partial charge in [-0.15, -0.1) is 0 Å². The van der Waals surface area contributed by atoms with Crippen LogP contribution in [0.15, 0.2) is 35.5 Å². The van der Waals surface area contributed by atoms with E-state index in [2.05, 4.69) is 0 Å². The second kappa shape index (κ2) is 6.71. The van der Waals surface area contributed by atoms with E-state index in [4.69, 9.17) is 4.74 Å². The largest absolute Gasteiger partial charge is 0.458 e. The first-order chi connectivity index (χ1) is 13.9. The first-order valence-electron chi connectivity index (χ1n) is 10.6. The number of hydrogen-bond acceptors (Lipinski definition) is 5. The second-order valence-electron chi connectivity index (χ2n) is 9.84. The average molecular weight is 416 g/mol. The number of carbonyl (C=O) groups is 3. The summed E-state index contributed by atoms with van der Waals surface area (Å²) in [5.41, 5.74) is -1.48. The number of ketones is 2. The first-order valence-corrected chi connectivity index (χ1v) is 10.6. The highest BCUT2D eigenvalue weighted by atomic mass is 19.1. The minimum absolute atomic E-state index is 0.0820. The molecule has 7 atom stereocenters. The molecule has 2 fully saturated rings. The van der Waals surface area contributed by atoms with Gasteiger partial charge in [-0.1, -0.05) is 31.6 Å². The molecule has 6 heteroatoms. The van der Waals surface area contributed by atoms with E-state index in [1.807, 2.05) is 26.8 Å². The van der Waals surface area contributed by atoms with Crippen LogP contribution in [0.1, 0.15) is 47.0 Å². The quantitative estimate of drug-likeness (QED) is 0.564. The maximum atomic E-state index is 15.3. The third-order valence-corrected chi connectivity index (χ3v) is 8.35. The van der Waals surface area contributed by atoms with Gasteiger partial charge in [-0.05, 0) is 61.7 Å². The fourth-order valence-corrected chi connectivity index (χ4v) is 6.75. The molecule has 1 N–H and O–H groups in total. The number of rotatable bonds is 3. The number of carbonyl (C=O) groups excluding carboxylic acids is 3. The summed E-state index contributed by atoms with van der Waals surface area (Å²) in [5, 5.41) is 11.6. The van der Waals surface area contributed by atoms with Gasteiger partial charge in [0.25, 0.3) is 0 Å². The molecule has 2 saturated carbocycles. The molecule has 0 bridgehead atoms. The summed E-state index contributed by atoms with van der Waals surface area (Å²) < 4.78 is 20.2. The van der Waals surface area contributed by atoms with E-state index in [1.54, 1.807) is 6.08 Å². The van der Waals surface area contributed by atoms with Crippen LogP contribution in [-0.4, -0.2) is 41.0 Å². The molecule has 0 aromatic heterocycles. The summed E-state index contributed by atoms with van der Waals surface area (Å²) in [5.74, 6) is -1.80. The minimum atomic E-state index is -1.64. The lowest BCUT2D eigenvalue weighted by Gasteiger charge is -2.54. The normalized spacial score (nSPS) is 44.4. The summed E-state index contributed by atoms with van der Waals surface area (Å²) in [7, 11) is 0. The SMILES string of the molecule is CC(=O)OCC(=O)[C@@]1(O)[C@H](C)C[C@@H]2[C@@H]3C[C@H](F)C4=CC(=O)C=C[C@]4(C)C3=CC[C@@]21C. The zero-order valence-corrected chi connectivity index (χ0v) is 17.9. The van der Waals surface area contributed by atoms with Gasteiger partial charge >= 0.3 is 5.97 Å². The molecule has 4 rings (SSSR count). The Kier molecular flexibility index (Phi) is 4.73. The van der Waals surface area contributed by atoms with Crippen molar-refractivity contribution < 1.29 is 28.6 Å². The van der Waals surface area contributed by atoms with E-state index in [1.165, 1.54) is 19.1 Å². The van der Waals surface area contributed by atoms with Crippen molar-refractivity contribution in [2.75, 3.05) is 6.61 Å². The molecule has 0 unspecified atom stereocenters. The van der Waals surface area contributed by atoms with Crippen molar-refractivity contribution in [2.45, 2.75) is 58.7 Å². The van der Waals surface area contributed by atoms with Crippen LogP contribution in [-0.2, 0) is 19.1 Å². The third kappa shape index (κ3) is 2.65. The molecule has 0 aromatic rings. The molecule has 162 valence electrons. The van der Waals surface area contributed by atoms with Crippen molar-refractivity contribution in [2.24, 2.45) is 28.6 Å². The number of fused-ring (bicyclic) bond motifs is 5. The lowest BCUT2D eigenvalue weighted by atomic mass is 9.51. The van der Waals surface area contributed by atoms with E-state index in [-0.39, 0.29) is 30.0 Å². The van der Waals surface area contributed by atoms with E-state index < -0.39 is 41.0 Å². The Bertz CT molecular complexity index is 917. The predicted octanol–water partition coefficient (Wildman–Crippen LogP) is 3.27. The van der Waals surface area contributed by atoms with Crippen molar-refractivity contribution in [1.82, 2.24) is 0 Å². The molecule has 4 aliphatic carbocycles. The fourth-order valence-electron chi connectivity index (χ4n) is 6.75. The molecule has 30 heavy (non-hydrogen) atoms. The third-order valence-electron chi connectivity index (χ3n) is 8.35. The number of allylic oxidation sites excluding steroid dienone is 6. The van der Waals surface area contributed by atoms with Crippen molar-refractivity contribution in [3.63, 3.8) is 0 Å². The molecule has 0 saturated heterocycles. The highest BCUT2D eigenvalue weighted by molar-refractivity contribution is 6.01. The van der Waals surface area contributed by atoms with Gasteiger partial charge in [-0.3, -0.25) is 14.4 Å². The first kappa shape index (κ1) is 21.2. The topological polar surface area (TPSA) is 80.7 Å². The van der Waals surface area contributed by atoms with Gasteiger partial charge in [0.05, 0.1) is 0 Å². The van der Waals surface area contributed by atoms with Crippen LogP contribution in [0.2, 0.25) is 0 Å². The number of Topliss-reactive ketones (excluding diaryl/α,β-unsaturated/α-hetero) is 1. The van der Waals surface area contributed by atoms with Gasteiger partial charge in [0.1, 0.15) is 11.8 Å². The van der Waals surface area contributed by atoms with Gasteiger partial charge in [-0.25, -0.2) is 4.39 Å². The van der Waals surface area contributed by atoms with Crippen molar-refractivity contribution in [1.29, 1.82) is 0 Å². The Morgan fingerprint density at radius 1 is 1.27 bits per heavy atom. The number of hydrogen-bond donors (Lipinski definition) is 1. The van der Waals surface area contributed by atoms with Gasteiger partial charge in [-0.2, -0.15) is 0 Å². The van der Waals surface area contributed by atoms with Crippen LogP contribution in [0.5, 0.6) is 0 Å². The summed E-state index contributed by atoms with van der Waals surface area (Å²) >= 11 is 0. The van der Waals surface area contributed by atoms with E-state index in [0.717, 1.165) is 5.57 Å². The van der Waals surface area contributed by atoms with E-state index in [9.17, 15) is 19.5 Å². The molecule has 5 nitrogen and oxygen atoms in total. The lowest BCUT2D eigenvalue weighted by molar-refractivity contribution is -0.167. The zero-order chi connectivity index (χ0) is 22.1. The highest BCUT2D eigenvalue weighted by Gasteiger charge is 2.67. The molecule has 0 amide bonds. The molecule has 0 heterocycles. The number of alkyl halides is 1. The van der Waals surface area contributed by atoms with Gasteiger partial charge in [0, 0.05) is 17.8 Å². The summed E-state index contributed by atoms with van der Waals surface area (Å²) in [6, 6.07) is 0. The van der Waals surface area contributed by atoms with Gasteiger partial charge in [0.15, 0.2) is 12.4 Å². The Balaban J connectivity index is 1.74. The van der Waals surface area contributed by atoms with Crippen LogP contribution in [0, 0.1) is 28.6 Å². The Hall–Kier alpha value is -2.08. The summed E-state index contributed by atoms with van der Waals surface area (Å²) in [6.07, 6.45) is 6.83. The Morgan fingerprint density at radius 2 is 1.97 bits per heavy atom. The number of ether oxygens (including phenoxy) is 1. The monoisotopic (exact) mass is 416 g/mol. The molecule has 0 aromatic carbocycles. The van der Waals surface area contributed by atoms with Crippen molar-refractivity contribution >= 4 is 17.5 Å². The zero-order valence-electron chi connectivity index (χ0n) is 17.9. The van der Waals surface area contributed by atoms with Crippen molar-refractivity contribution in [3.8, 4) is 0 Å². The van der Waals surface area contributed by atoms with Gasteiger partial charge in [0.2, 0.25) is 5.78 Å². The van der Waals surface area contributed by atoms with Crippen molar-refractivity contribution in [3.05, 3.63) is 35.5 Å². The maximum absolute atomic E-state index is 15.3. The van der Waals surface area contributed by atoms with Gasteiger partial charge < -0.3 is 9.84 Å². The number of aliphatic hydroxyl groups is 1. The molecule has 0 spiro atoms. The fraction of sp³-hybridized carbons (Fsp3) is 0.625. The Labute approximate surface area is 176 Å². The molecular formula is C24H29FO5. The molecule has 0 radical (unpaired) electrons.